The monoisotopic (exact) mass is 288 g/mol. The fraction of sp³-hybridized carbons (Fsp3) is 0.588. The lowest BCUT2D eigenvalue weighted by Gasteiger charge is -2.27. The number of fused-ring (bicyclic) bond motifs is 1. The van der Waals surface area contributed by atoms with Crippen molar-refractivity contribution in [3.05, 3.63) is 29.3 Å². The Kier molecular flexibility index (Phi) is 3.66. The van der Waals surface area contributed by atoms with Crippen LogP contribution in [0, 0.1) is 0 Å². The van der Waals surface area contributed by atoms with E-state index in [1.807, 2.05) is 25.7 Å². The van der Waals surface area contributed by atoms with Crippen molar-refractivity contribution in [2.45, 2.75) is 51.7 Å². The molecule has 4 nitrogen and oxygen atoms in total. The van der Waals surface area contributed by atoms with Crippen LogP contribution in [0.3, 0.4) is 0 Å². The van der Waals surface area contributed by atoms with Crippen LogP contribution in [-0.2, 0) is 11.2 Å². The summed E-state index contributed by atoms with van der Waals surface area (Å²) in [6.07, 6.45) is 3.01. The number of para-hydroxylation sites is 1. The summed E-state index contributed by atoms with van der Waals surface area (Å²) in [4.78, 5) is 14.3. The Morgan fingerprint density at radius 3 is 2.86 bits per heavy atom. The maximum absolute atomic E-state index is 12.5. The van der Waals surface area contributed by atoms with Gasteiger partial charge in [-0.05, 0) is 57.7 Å². The summed E-state index contributed by atoms with van der Waals surface area (Å²) in [6, 6.07) is 6.73. The smallest absolute Gasteiger partial charge is 0.414 e. The molecule has 1 amide bonds. The second kappa shape index (κ2) is 5.34. The van der Waals surface area contributed by atoms with Gasteiger partial charge >= 0.3 is 6.09 Å². The molecule has 0 spiro atoms. The quantitative estimate of drug-likeness (QED) is 0.861. The molecule has 1 atom stereocenters. The van der Waals surface area contributed by atoms with Gasteiger partial charge in [0.05, 0.1) is 5.69 Å². The van der Waals surface area contributed by atoms with Crippen LogP contribution in [0.2, 0.25) is 0 Å². The largest absolute Gasteiger partial charge is 0.443 e. The molecule has 0 bridgehead atoms. The summed E-state index contributed by atoms with van der Waals surface area (Å²) < 4.78 is 5.56. The molecule has 3 rings (SSSR count). The van der Waals surface area contributed by atoms with Crippen molar-refractivity contribution in [3.8, 4) is 0 Å². The van der Waals surface area contributed by atoms with E-state index in [0.717, 1.165) is 25.1 Å². The number of benzene rings is 1. The Labute approximate surface area is 126 Å². The van der Waals surface area contributed by atoms with Gasteiger partial charge in [0.1, 0.15) is 5.60 Å². The van der Waals surface area contributed by atoms with Gasteiger partial charge in [0.15, 0.2) is 0 Å². The molecule has 0 aliphatic carbocycles. The van der Waals surface area contributed by atoms with E-state index in [1.165, 1.54) is 17.5 Å². The Hall–Kier alpha value is -1.55. The van der Waals surface area contributed by atoms with Crippen LogP contribution in [0.4, 0.5) is 10.5 Å². The number of hydrogen-bond donors (Lipinski definition) is 1. The second-order valence-electron chi connectivity index (χ2n) is 6.89. The van der Waals surface area contributed by atoms with E-state index in [0.29, 0.717) is 12.6 Å². The van der Waals surface area contributed by atoms with Crippen LogP contribution < -0.4 is 10.2 Å². The molecule has 2 heterocycles. The maximum Gasteiger partial charge on any atom is 0.414 e. The van der Waals surface area contributed by atoms with Crippen molar-refractivity contribution in [2.75, 3.05) is 18.0 Å². The van der Waals surface area contributed by atoms with Crippen molar-refractivity contribution in [3.63, 3.8) is 0 Å². The van der Waals surface area contributed by atoms with E-state index in [1.54, 1.807) is 0 Å². The summed E-state index contributed by atoms with van der Waals surface area (Å²) in [5, 5.41) is 3.53. The number of carbonyl (C=O) groups excluding carboxylic acids is 1. The number of ether oxygens (including phenoxy) is 1. The molecule has 1 N–H and O–H groups in total. The van der Waals surface area contributed by atoms with E-state index >= 15 is 0 Å². The maximum atomic E-state index is 12.5. The van der Waals surface area contributed by atoms with Crippen molar-refractivity contribution in [1.29, 1.82) is 0 Å². The number of rotatable bonds is 1. The lowest BCUT2D eigenvalue weighted by atomic mass is 10.00. The highest BCUT2D eigenvalue weighted by atomic mass is 16.6. The van der Waals surface area contributed by atoms with Crippen LogP contribution in [0.25, 0.3) is 0 Å². The molecule has 0 saturated carbocycles. The first-order valence-electron chi connectivity index (χ1n) is 7.81. The number of carbonyl (C=O) groups is 1. The predicted octanol–water partition coefficient (Wildman–Crippen LogP) is 3.41. The van der Waals surface area contributed by atoms with Gasteiger partial charge in [0.2, 0.25) is 0 Å². The first-order valence-corrected chi connectivity index (χ1v) is 7.81. The van der Waals surface area contributed by atoms with Crippen LogP contribution in [-0.4, -0.2) is 24.8 Å². The molecule has 1 aromatic rings. The zero-order valence-electron chi connectivity index (χ0n) is 13.1. The zero-order chi connectivity index (χ0) is 15.0. The Morgan fingerprint density at radius 2 is 2.19 bits per heavy atom. The van der Waals surface area contributed by atoms with Gasteiger partial charge in [-0.15, -0.1) is 0 Å². The first kappa shape index (κ1) is 14.4. The number of anilines is 1. The Morgan fingerprint density at radius 1 is 1.38 bits per heavy atom. The third-order valence-corrected chi connectivity index (χ3v) is 4.08. The number of nitrogens with zero attached hydrogens (tertiary/aromatic N) is 1. The van der Waals surface area contributed by atoms with Crippen LogP contribution in [0.1, 0.15) is 50.8 Å². The molecular weight excluding hydrogens is 264 g/mol. The average Bonchev–Trinajstić information content (AvgIpc) is 3.05. The molecule has 1 saturated heterocycles. The molecule has 0 radical (unpaired) electrons. The molecule has 2 aliphatic heterocycles. The van der Waals surface area contributed by atoms with Gasteiger partial charge < -0.3 is 10.1 Å². The van der Waals surface area contributed by atoms with Crippen LogP contribution >= 0.6 is 0 Å². The number of nitrogens with one attached hydrogen (secondary N) is 1. The fourth-order valence-corrected chi connectivity index (χ4v) is 3.22. The molecule has 4 heteroatoms. The molecule has 1 aromatic carbocycles. The van der Waals surface area contributed by atoms with Crippen molar-refractivity contribution < 1.29 is 9.53 Å². The summed E-state index contributed by atoms with van der Waals surface area (Å²) in [5.74, 6) is 0. The average molecular weight is 288 g/mol. The first-order chi connectivity index (χ1) is 9.96. The van der Waals surface area contributed by atoms with E-state index in [4.69, 9.17) is 4.74 Å². The Bertz CT molecular complexity index is 542. The van der Waals surface area contributed by atoms with Crippen molar-refractivity contribution >= 4 is 11.8 Å². The standard InChI is InChI=1S/C17H24N2O2/c1-17(2,3)21-16(20)19-11-9-12-6-4-7-13(15(12)19)14-8-5-10-18-14/h4,6-7,14,18H,5,8-11H2,1-3H3. The predicted molar refractivity (Wildman–Crippen MR) is 83.7 cm³/mol. The van der Waals surface area contributed by atoms with Gasteiger partial charge in [-0.3, -0.25) is 4.90 Å². The van der Waals surface area contributed by atoms with Crippen molar-refractivity contribution in [1.82, 2.24) is 5.32 Å². The third kappa shape index (κ3) is 2.91. The number of amides is 1. The van der Waals surface area contributed by atoms with Gasteiger partial charge in [0, 0.05) is 12.6 Å². The van der Waals surface area contributed by atoms with Gasteiger partial charge in [-0.2, -0.15) is 0 Å². The summed E-state index contributed by atoms with van der Waals surface area (Å²) >= 11 is 0. The minimum Gasteiger partial charge on any atom is -0.443 e. The minimum absolute atomic E-state index is 0.230. The highest BCUT2D eigenvalue weighted by molar-refractivity contribution is 5.92. The summed E-state index contributed by atoms with van der Waals surface area (Å²) in [6.45, 7) is 7.50. The molecule has 1 fully saturated rings. The molecular formula is C17H24N2O2. The Balaban J connectivity index is 1.91. The number of hydrogen-bond acceptors (Lipinski definition) is 3. The normalized spacial score (nSPS) is 21.5. The van der Waals surface area contributed by atoms with Gasteiger partial charge in [-0.25, -0.2) is 4.79 Å². The van der Waals surface area contributed by atoms with Gasteiger partial charge in [0.25, 0.3) is 0 Å². The topological polar surface area (TPSA) is 41.6 Å². The minimum atomic E-state index is -0.458. The molecule has 2 aliphatic rings. The highest BCUT2D eigenvalue weighted by Gasteiger charge is 2.33. The van der Waals surface area contributed by atoms with E-state index in [9.17, 15) is 4.79 Å². The van der Waals surface area contributed by atoms with E-state index < -0.39 is 5.60 Å². The lowest BCUT2D eigenvalue weighted by molar-refractivity contribution is 0.0583. The molecule has 0 aromatic heterocycles. The third-order valence-electron chi connectivity index (χ3n) is 4.08. The second-order valence-corrected chi connectivity index (χ2v) is 6.89. The van der Waals surface area contributed by atoms with Crippen molar-refractivity contribution in [2.24, 2.45) is 0 Å². The zero-order valence-corrected chi connectivity index (χ0v) is 13.1. The molecule has 114 valence electrons. The van der Waals surface area contributed by atoms with E-state index in [2.05, 4.69) is 23.5 Å². The van der Waals surface area contributed by atoms with Crippen LogP contribution in [0.15, 0.2) is 18.2 Å². The van der Waals surface area contributed by atoms with E-state index in [-0.39, 0.29) is 6.09 Å². The molecule has 21 heavy (non-hydrogen) atoms. The fourth-order valence-electron chi connectivity index (χ4n) is 3.22. The SMILES string of the molecule is CC(C)(C)OC(=O)N1CCc2cccc(C3CCCN3)c21. The molecule has 1 unspecified atom stereocenters. The van der Waals surface area contributed by atoms with Gasteiger partial charge in [-0.1, -0.05) is 18.2 Å². The summed E-state index contributed by atoms with van der Waals surface area (Å²) in [5.41, 5.74) is 3.12. The highest BCUT2D eigenvalue weighted by Crippen LogP contribution is 2.38. The lowest BCUT2D eigenvalue weighted by Crippen LogP contribution is -2.36. The summed E-state index contributed by atoms with van der Waals surface area (Å²) in [7, 11) is 0. The van der Waals surface area contributed by atoms with Crippen LogP contribution in [0.5, 0.6) is 0 Å².